The SMILES string of the molecule is CCOC(=O)CN1C(=O)C(c2ccc(C(F)(F)F)cc2)=NC12CCCCC2.O=C(O)CN1C(=O)C(c2ccc(C(F)(F)F)cc2)=NC12CCCCC2. The van der Waals surface area contributed by atoms with E-state index in [1.165, 1.54) is 34.1 Å². The second-order valence-electron chi connectivity index (χ2n) is 13.1. The topological polar surface area (TPSA) is 129 Å². The number of nitrogens with zero attached hydrogens (tertiary/aromatic N) is 4. The molecule has 2 amide bonds. The second-order valence-corrected chi connectivity index (χ2v) is 13.1. The first-order chi connectivity index (χ1) is 24.5. The van der Waals surface area contributed by atoms with Crippen LogP contribution in [0.4, 0.5) is 26.3 Å². The van der Waals surface area contributed by atoms with Gasteiger partial charge in [-0.1, -0.05) is 37.1 Å². The summed E-state index contributed by atoms with van der Waals surface area (Å²) in [7, 11) is 0. The number of esters is 1. The van der Waals surface area contributed by atoms with E-state index in [2.05, 4.69) is 9.98 Å². The number of halogens is 6. The van der Waals surface area contributed by atoms with E-state index >= 15 is 0 Å². The molecule has 2 aliphatic heterocycles. The Balaban J connectivity index is 0.000000202. The highest BCUT2D eigenvalue weighted by Gasteiger charge is 2.50. The Morgan fingerprint density at radius 1 is 0.673 bits per heavy atom. The molecule has 2 heterocycles. The van der Waals surface area contributed by atoms with Crippen LogP contribution in [0.15, 0.2) is 58.5 Å². The van der Waals surface area contributed by atoms with Crippen LogP contribution in [0.2, 0.25) is 0 Å². The van der Waals surface area contributed by atoms with Crippen molar-refractivity contribution in [2.24, 2.45) is 9.98 Å². The summed E-state index contributed by atoms with van der Waals surface area (Å²) in [5, 5.41) is 9.12. The molecule has 280 valence electrons. The molecule has 4 aliphatic rings. The maximum Gasteiger partial charge on any atom is 0.416 e. The Morgan fingerprint density at radius 2 is 1.04 bits per heavy atom. The van der Waals surface area contributed by atoms with Crippen LogP contribution in [-0.2, 0) is 36.3 Å². The van der Waals surface area contributed by atoms with E-state index < -0.39 is 65.1 Å². The minimum absolute atomic E-state index is 0.0388. The standard InChI is InChI=1S/C19H21F3N2O3.C17H17F3N2O3/c1-2-27-15(25)12-24-17(26)16(23-18(24)10-4-3-5-11-18)13-6-8-14(9-7-13)19(20,21)22;18-17(19,20)12-6-4-11(5-7-12)14-15(25)22(10-13(23)24)16(21-14)8-2-1-3-9-16/h6-9H,2-5,10-12H2,1H3;4-7H,1-3,8-10H2,(H,23,24). The molecule has 2 aromatic carbocycles. The first kappa shape index (κ1) is 38.5. The number of aliphatic carboxylic acids is 1. The molecule has 0 unspecified atom stereocenters. The summed E-state index contributed by atoms with van der Waals surface area (Å²) in [6.45, 7) is 1.22. The van der Waals surface area contributed by atoms with Gasteiger partial charge in [0.2, 0.25) is 0 Å². The van der Waals surface area contributed by atoms with Gasteiger partial charge < -0.3 is 19.6 Å². The molecule has 2 saturated carbocycles. The largest absolute Gasteiger partial charge is 0.480 e. The van der Waals surface area contributed by atoms with Crippen LogP contribution < -0.4 is 0 Å². The van der Waals surface area contributed by atoms with Crippen molar-refractivity contribution in [3.05, 3.63) is 70.8 Å². The predicted molar refractivity (Wildman–Crippen MR) is 175 cm³/mol. The van der Waals surface area contributed by atoms with Crippen LogP contribution in [0, 0.1) is 0 Å². The first-order valence-electron chi connectivity index (χ1n) is 17.1. The van der Waals surface area contributed by atoms with Crippen LogP contribution in [0.25, 0.3) is 0 Å². The van der Waals surface area contributed by atoms with Crippen molar-refractivity contribution >= 4 is 35.2 Å². The van der Waals surface area contributed by atoms with E-state index in [0.29, 0.717) is 31.2 Å². The van der Waals surface area contributed by atoms with Gasteiger partial charge >= 0.3 is 24.3 Å². The normalized spacial score (nSPS) is 19.7. The number of hydrogen-bond donors (Lipinski definition) is 1. The van der Waals surface area contributed by atoms with Gasteiger partial charge in [0, 0.05) is 11.1 Å². The quantitative estimate of drug-likeness (QED) is 0.251. The zero-order valence-corrected chi connectivity index (χ0v) is 28.4. The Morgan fingerprint density at radius 3 is 1.37 bits per heavy atom. The number of amides is 2. The number of carboxylic acid groups (broad SMARTS) is 1. The number of alkyl halides is 6. The summed E-state index contributed by atoms with van der Waals surface area (Å²) < 4.78 is 81.4. The summed E-state index contributed by atoms with van der Waals surface area (Å²) in [4.78, 5) is 60.6. The lowest BCUT2D eigenvalue weighted by molar-refractivity contribution is -0.150. The fourth-order valence-corrected chi connectivity index (χ4v) is 7.18. The molecule has 0 bridgehead atoms. The number of rotatable bonds is 7. The molecule has 10 nitrogen and oxygen atoms in total. The zero-order chi connectivity index (χ0) is 37.9. The predicted octanol–water partition coefficient (Wildman–Crippen LogP) is 6.64. The van der Waals surface area contributed by atoms with E-state index in [1.807, 2.05) is 0 Å². The fourth-order valence-electron chi connectivity index (χ4n) is 7.18. The summed E-state index contributed by atoms with van der Waals surface area (Å²) >= 11 is 0. The lowest BCUT2D eigenvalue weighted by atomic mass is 9.88. The summed E-state index contributed by atoms with van der Waals surface area (Å²) in [6, 6.07) is 8.60. The van der Waals surface area contributed by atoms with Gasteiger partial charge in [0.25, 0.3) is 11.8 Å². The van der Waals surface area contributed by atoms with Gasteiger partial charge in [0.1, 0.15) is 35.8 Å². The minimum atomic E-state index is -4.46. The van der Waals surface area contributed by atoms with Crippen LogP contribution in [-0.4, -0.2) is 81.1 Å². The highest BCUT2D eigenvalue weighted by molar-refractivity contribution is 6.47. The molecular formula is C36H38F6N4O6. The van der Waals surface area contributed by atoms with E-state index in [-0.39, 0.29) is 30.1 Å². The van der Waals surface area contributed by atoms with Crippen LogP contribution in [0.1, 0.15) is 93.4 Å². The van der Waals surface area contributed by atoms with Gasteiger partial charge in [-0.2, -0.15) is 26.3 Å². The van der Waals surface area contributed by atoms with E-state index in [0.717, 1.165) is 62.8 Å². The molecule has 1 N–H and O–H groups in total. The Bertz CT molecular complexity index is 1730. The summed E-state index contributed by atoms with van der Waals surface area (Å²) in [6.07, 6.45) is -1.11. The second kappa shape index (κ2) is 15.1. The van der Waals surface area contributed by atoms with E-state index in [1.54, 1.807) is 6.92 Å². The van der Waals surface area contributed by atoms with Gasteiger partial charge in [0.15, 0.2) is 0 Å². The number of aliphatic imine (C=N–C) groups is 2. The molecule has 0 saturated heterocycles. The molecule has 6 rings (SSSR count). The third-order valence-corrected chi connectivity index (χ3v) is 9.71. The first-order valence-corrected chi connectivity index (χ1v) is 17.1. The Labute approximate surface area is 295 Å². The Kier molecular flexibility index (Phi) is 11.2. The summed E-state index contributed by atoms with van der Waals surface area (Å²) in [5.41, 5.74) is -2.54. The highest BCUT2D eigenvalue weighted by Crippen LogP contribution is 2.41. The number of hydrogen-bond acceptors (Lipinski definition) is 7. The number of carboxylic acids is 1. The third kappa shape index (κ3) is 8.15. The van der Waals surface area contributed by atoms with Gasteiger partial charge in [0.05, 0.1) is 17.7 Å². The highest BCUT2D eigenvalue weighted by atomic mass is 19.4. The fraction of sp³-hybridized carbons (Fsp3) is 0.500. The van der Waals surface area contributed by atoms with Gasteiger partial charge in [-0.05, 0) is 82.6 Å². The van der Waals surface area contributed by atoms with Crippen molar-refractivity contribution in [2.75, 3.05) is 19.7 Å². The summed E-state index contributed by atoms with van der Waals surface area (Å²) in [5.74, 6) is -2.63. The van der Waals surface area contributed by atoms with Crippen molar-refractivity contribution in [2.45, 2.75) is 94.8 Å². The molecule has 0 radical (unpaired) electrons. The van der Waals surface area contributed by atoms with Crippen LogP contribution in [0.3, 0.4) is 0 Å². The van der Waals surface area contributed by atoms with Crippen molar-refractivity contribution in [3.8, 4) is 0 Å². The number of ether oxygens (including phenoxy) is 1. The molecule has 2 fully saturated rings. The van der Waals surface area contributed by atoms with Gasteiger partial charge in [-0.3, -0.25) is 29.2 Å². The average Bonchev–Trinajstić information content (AvgIpc) is 3.50. The smallest absolute Gasteiger partial charge is 0.416 e. The van der Waals surface area contributed by atoms with E-state index in [4.69, 9.17) is 9.84 Å². The maximum absolute atomic E-state index is 13.0. The molecule has 0 atom stereocenters. The molecular weight excluding hydrogens is 698 g/mol. The molecule has 2 aromatic rings. The molecule has 2 aliphatic carbocycles. The molecule has 16 heteroatoms. The maximum atomic E-state index is 13.0. The molecule has 52 heavy (non-hydrogen) atoms. The number of benzene rings is 2. The van der Waals surface area contributed by atoms with Crippen molar-refractivity contribution < 1.29 is 55.4 Å². The number of carbonyl (C=O) groups excluding carboxylic acids is 3. The average molecular weight is 737 g/mol. The van der Waals surface area contributed by atoms with Crippen LogP contribution in [0.5, 0.6) is 0 Å². The van der Waals surface area contributed by atoms with Crippen molar-refractivity contribution in [3.63, 3.8) is 0 Å². The van der Waals surface area contributed by atoms with Crippen LogP contribution >= 0.6 is 0 Å². The van der Waals surface area contributed by atoms with Crippen molar-refractivity contribution in [1.29, 1.82) is 0 Å². The lowest BCUT2D eigenvalue weighted by Crippen LogP contribution is -2.50. The minimum Gasteiger partial charge on any atom is -0.480 e. The molecule has 2 spiro atoms. The monoisotopic (exact) mass is 736 g/mol. The zero-order valence-electron chi connectivity index (χ0n) is 28.4. The molecule has 0 aromatic heterocycles. The van der Waals surface area contributed by atoms with Gasteiger partial charge in [-0.15, -0.1) is 0 Å². The number of carbonyl (C=O) groups is 4. The van der Waals surface area contributed by atoms with Gasteiger partial charge in [-0.25, -0.2) is 0 Å². The van der Waals surface area contributed by atoms with E-state index in [9.17, 15) is 45.5 Å². The lowest BCUT2D eigenvalue weighted by Gasteiger charge is -2.38. The van der Waals surface area contributed by atoms with Crippen molar-refractivity contribution in [1.82, 2.24) is 9.80 Å². The Hall–Kier alpha value is -4.76. The third-order valence-electron chi connectivity index (χ3n) is 9.71.